The Morgan fingerprint density at radius 1 is 1.38 bits per heavy atom. The lowest BCUT2D eigenvalue weighted by atomic mass is 10.1. The monoisotopic (exact) mass is 225 g/mol. The molecular weight excluding hydrogens is 202 g/mol. The van der Waals surface area contributed by atoms with Crippen LogP contribution in [0.4, 0.5) is 0 Å². The van der Waals surface area contributed by atoms with Crippen molar-refractivity contribution in [2.24, 2.45) is 5.73 Å². The van der Waals surface area contributed by atoms with Crippen LogP contribution in [-0.4, -0.2) is 27.5 Å². The second-order valence-corrected chi connectivity index (χ2v) is 4.10. The molecule has 0 aliphatic carbocycles. The molecule has 2 atom stereocenters. The third kappa shape index (κ3) is 2.62. The molecule has 0 amide bonds. The van der Waals surface area contributed by atoms with Crippen molar-refractivity contribution < 1.29 is 5.11 Å². The fraction of sp³-hybridized carbons (Fsp3) is 0.750. The van der Waals surface area contributed by atoms with Gasteiger partial charge in [-0.3, -0.25) is 4.68 Å². The SMILES string of the molecule is CCc1cc(CC)n(C(CO)C(N)CC)n1. The summed E-state index contributed by atoms with van der Waals surface area (Å²) in [6, 6.07) is 1.96. The third-order valence-electron chi connectivity index (χ3n) is 3.05. The summed E-state index contributed by atoms with van der Waals surface area (Å²) in [7, 11) is 0. The Labute approximate surface area is 97.5 Å². The summed E-state index contributed by atoms with van der Waals surface area (Å²) in [5.41, 5.74) is 8.23. The van der Waals surface area contributed by atoms with Crippen molar-refractivity contribution in [1.29, 1.82) is 0 Å². The second kappa shape index (κ2) is 6.01. The predicted octanol–water partition coefficient (Wildman–Crippen LogP) is 1.28. The van der Waals surface area contributed by atoms with Crippen LogP contribution in [0.3, 0.4) is 0 Å². The molecule has 3 N–H and O–H groups in total. The zero-order valence-electron chi connectivity index (χ0n) is 10.5. The summed E-state index contributed by atoms with van der Waals surface area (Å²) in [5.74, 6) is 0. The first-order valence-electron chi connectivity index (χ1n) is 6.11. The summed E-state index contributed by atoms with van der Waals surface area (Å²) in [6.45, 7) is 6.26. The number of nitrogens with two attached hydrogens (primary N) is 1. The molecule has 0 aliphatic rings. The van der Waals surface area contributed by atoms with Crippen molar-refractivity contribution in [3.05, 3.63) is 17.5 Å². The van der Waals surface area contributed by atoms with Crippen molar-refractivity contribution in [3.63, 3.8) is 0 Å². The highest BCUT2D eigenvalue weighted by atomic mass is 16.3. The first-order valence-corrected chi connectivity index (χ1v) is 6.11. The minimum Gasteiger partial charge on any atom is -0.394 e. The van der Waals surface area contributed by atoms with Crippen LogP contribution in [0.2, 0.25) is 0 Å². The fourth-order valence-corrected chi connectivity index (χ4v) is 1.88. The minimum absolute atomic E-state index is 0.0418. The van der Waals surface area contributed by atoms with Gasteiger partial charge in [0, 0.05) is 11.7 Å². The van der Waals surface area contributed by atoms with Gasteiger partial charge in [0.25, 0.3) is 0 Å². The largest absolute Gasteiger partial charge is 0.394 e. The summed E-state index contributed by atoms with van der Waals surface area (Å²) in [4.78, 5) is 0. The molecule has 16 heavy (non-hydrogen) atoms. The maximum absolute atomic E-state index is 9.44. The fourth-order valence-electron chi connectivity index (χ4n) is 1.88. The molecule has 0 bridgehead atoms. The molecule has 0 fully saturated rings. The Morgan fingerprint density at radius 3 is 2.50 bits per heavy atom. The van der Waals surface area contributed by atoms with E-state index in [-0.39, 0.29) is 18.7 Å². The first-order chi connectivity index (χ1) is 7.67. The molecule has 2 unspecified atom stereocenters. The number of rotatable bonds is 6. The quantitative estimate of drug-likeness (QED) is 0.766. The van der Waals surface area contributed by atoms with Gasteiger partial charge >= 0.3 is 0 Å². The molecule has 0 saturated carbocycles. The van der Waals surface area contributed by atoms with Crippen molar-refractivity contribution >= 4 is 0 Å². The number of aromatic nitrogens is 2. The molecular formula is C12H23N3O. The van der Waals surface area contributed by atoms with E-state index in [2.05, 4.69) is 25.0 Å². The molecule has 1 aromatic rings. The molecule has 0 radical (unpaired) electrons. The van der Waals surface area contributed by atoms with E-state index < -0.39 is 0 Å². The van der Waals surface area contributed by atoms with Crippen molar-refractivity contribution in [2.75, 3.05) is 6.61 Å². The molecule has 92 valence electrons. The zero-order chi connectivity index (χ0) is 12.1. The molecule has 0 spiro atoms. The van der Waals surface area contributed by atoms with E-state index in [1.54, 1.807) is 0 Å². The van der Waals surface area contributed by atoms with E-state index in [4.69, 9.17) is 5.73 Å². The molecule has 0 saturated heterocycles. The van der Waals surface area contributed by atoms with E-state index in [1.807, 2.05) is 11.6 Å². The lowest BCUT2D eigenvalue weighted by molar-refractivity contribution is 0.191. The predicted molar refractivity (Wildman–Crippen MR) is 65.4 cm³/mol. The topological polar surface area (TPSA) is 64.1 Å². The number of aliphatic hydroxyl groups excluding tert-OH is 1. The lowest BCUT2D eigenvalue weighted by Gasteiger charge is -2.23. The van der Waals surface area contributed by atoms with Gasteiger partial charge in [-0.25, -0.2) is 0 Å². The summed E-state index contributed by atoms with van der Waals surface area (Å²) >= 11 is 0. The molecule has 1 rings (SSSR count). The van der Waals surface area contributed by atoms with E-state index in [0.29, 0.717) is 0 Å². The number of aliphatic hydroxyl groups is 1. The zero-order valence-corrected chi connectivity index (χ0v) is 10.5. The highest BCUT2D eigenvalue weighted by molar-refractivity contribution is 5.11. The maximum Gasteiger partial charge on any atom is 0.0903 e. The Balaban J connectivity index is 3.02. The molecule has 4 nitrogen and oxygen atoms in total. The lowest BCUT2D eigenvalue weighted by Crippen LogP contribution is -2.35. The summed E-state index contributed by atoms with van der Waals surface area (Å²) < 4.78 is 1.91. The standard InChI is InChI=1S/C12H23N3O/c1-4-9-7-10(5-2)15(14-9)12(8-16)11(13)6-3/h7,11-12,16H,4-6,8,13H2,1-3H3. The molecule has 1 heterocycles. The van der Waals surface area contributed by atoms with Gasteiger partial charge < -0.3 is 10.8 Å². The maximum atomic E-state index is 9.44. The van der Waals surface area contributed by atoms with E-state index >= 15 is 0 Å². The van der Waals surface area contributed by atoms with Crippen LogP contribution >= 0.6 is 0 Å². The Bertz CT molecular complexity index is 322. The summed E-state index contributed by atoms with van der Waals surface area (Å²) in [6.07, 6.45) is 2.68. The van der Waals surface area contributed by atoms with Gasteiger partial charge in [-0.05, 0) is 25.3 Å². The van der Waals surface area contributed by atoms with Gasteiger partial charge in [0.2, 0.25) is 0 Å². The van der Waals surface area contributed by atoms with Gasteiger partial charge in [0.1, 0.15) is 0 Å². The molecule has 4 heteroatoms. The molecule has 0 aromatic carbocycles. The Morgan fingerprint density at radius 2 is 2.06 bits per heavy atom. The van der Waals surface area contributed by atoms with Crippen LogP contribution < -0.4 is 5.73 Å². The highest BCUT2D eigenvalue weighted by Crippen LogP contribution is 2.17. The minimum atomic E-state index is -0.0970. The molecule has 1 aromatic heterocycles. The van der Waals surface area contributed by atoms with Crippen LogP contribution in [0.25, 0.3) is 0 Å². The third-order valence-corrected chi connectivity index (χ3v) is 3.05. The average Bonchev–Trinajstić information content (AvgIpc) is 2.73. The van der Waals surface area contributed by atoms with E-state index in [0.717, 1.165) is 30.7 Å². The second-order valence-electron chi connectivity index (χ2n) is 4.10. The van der Waals surface area contributed by atoms with Gasteiger partial charge in [0.15, 0.2) is 0 Å². The van der Waals surface area contributed by atoms with E-state index in [1.165, 1.54) is 0 Å². The highest BCUT2D eigenvalue weighted by Gasteiger charge is 2.20. The van der Waals surface area contributed by atoms with Gasteiger partial charge in [0.05, 0.1) is 18.3 Å². The van der Waals surface area contributed by atoms with Gasteiger partial charge in [-0.2, -0.15) is 5.10 Å². The van der Waals surface area contributed by atoms with Crippen molar-refractivity contribution in [1.82, 2.24) is 9.78 Å². The average molecular weight is 225 g/mol. The smallest absolute Gasteiger partial charge is 0.0903 e. The van der Waals surface area contributed by atoms with Crippen LogP contribution in [0.15, 0.2) is 6.07 Å². The molecule has 0 aliphatic heterocycles. The summed E-state index contributed by atoms with van der Waals surface area (Å²) in [5, 5.41) is 14.0. The number of hydrogen-bond donors (Lipinski definition) is 2. The number of nitrogens with zero attached hydrogens (tertiary/aromatic N) is 2. The van der Waals surface area contributed by atoms with Crippen LogP contribution in [-0.2, 0) is 12.8 Å². The van der Waals surface area contributed by atoms with Gasteiger partial charge in [-0.15, -0.1) is 0 Å². The Kier molecular flexibility index (Phi) is 4.96. The van der Waals surface area contributed by atoms with Crippen LogP contribution in [0.1, 0.15) is 44.6 Å². The number of aryl methyl sites for hydroxylation is 2. The van der Waals surface area contributed by atoms with Gasteiger partial charge in [-0.1, -0.05) is 20.8 Å². The normalized spacial score (nSPS) is 15.1. The number of hydrogen-bond acceptors (Lipinski definition) is 3. The van der Waals surface area contributed by atoms with E-state index in [9.17, 15) is 5.11 Å². The first kappa shape index (κ1) is 13.2. The van der Waals surface area contributed by atoms with Crippen LogP contribution in [0, 0.1) is 0 Å². The van der Waals surface area contributed by atoms with Crippen LogP contribution in [0.5, 0.6) is 0 Å². The van der Waals surface area contributed by atoms with Crippen molar-refractivity contribution in [2.45, 2.75) is 52.1 Å². The van der Waals surface area contributed by atoms with Crippen molar-refractivity contribution in [3.8, 4) is 0 Å². The Hall–Kier alpha value is -0.870.